The Hall–Kier alpha value is -2.94. The van der Waals surface area contributed by atoms with Gasteiger partial charge in [-0.2, -0.15) is 0 Å². The van der Waals surface area contributed by atoms with E-state index in [0.717, 1.165) is 33.8 Å². The van der Waals surface area contributed by atoms with E-state index in [1.807, 2.05) is 13.0 Å². The number of pyridine rings is 1. The Morgan fingerprint density at radius 2 is 1.44 bits per heavy atom. The van der Waals surface area contributed by atoms with E-state index in [2.05, 4.69) is 78.9 Å². The molecule has 0 aliphatic rings. The number of hydrogen-bond acceptors (Lipinski definition) is 2. The van der Waals surface area contributed by atoms with Gasteiger partial charge in [-0.3, -0.25) is 9.55 Å². The average Bonchev–Trinajstić information content (AvgIpc) is 2.94. The lowest BCUT2D eigenvalue weighted by Crippen LogP contribution is -2.04. The van der Waals surface area contributed by atoms with Crippen molar-refractivity contribution in [2.75, 3.05) is 0 Å². The van der Waals surface area contributed by atoms with Crippen LogP contribution in [0.4, 0.5) is 0 Å². The van der Waals surface area contributed by atoms with E-state index in [-0.39, 0.29) is 0 Å². The fourth-order valence-electron chi connectivity index (χ4n) is 3.51. The van der Waals surface area contributed by atoms with Gasteiger partial charge in [0.1, 0.15) is 5.82 Å². The standard InChI is InChI=1S/C22H21N3/c1-14-8-7-9-15(2)21(14)25-20-11-6-5-10-19(20)24-22(25)18-13-12-16(3)23-17(18)4/h5-13H,1-4H3. The number of rotatable bonds is 2. The number of para-hydroxylation sites is 3. The number of hydrogen-bond donors (Lipinski definition) is 0. The lowest BCUT2D eigenvalue weighted by Gasteiger charge is -2.16. The molecule has 0 radical (unpaired) electrons. The van der Waals surface area contributed by atoms with Crippen molar-refractivity contribution in [3.8, 4) is 17.1 Å². The molecule has 0 unspecified atom stereocenters. The van der Waals surface area contributed by atoms with Gasteiger partial charge >= 0.3 is 0 Å². The lowest BCUT2D eigenvalue weighted by molar-refractivity contribution is 1.04. The van der Waals surface area contributed by atoms with Crippen LogP contribution in [0.15, 0.2) is 54.6 Å². The van der Waals surface area contributed by atoms with Crippen molar-refractivity contribution in [2.45, 2.75) is 27.7 Å². The third kappa shape index (κ3) is 2.52. The van der Waals surface area contributed by atoms with Gasteiger partial charge in [0, 0.05) is 17.0 Å². The molecule has 0 bridgehead atoms. The number of fused-ring (bicyclic) bond motifs is 1. The molecule has 0 N–H and O–H groups in total. The molecule has 124 valence electrons. The molecule has 4 rings (SSSR count). The van der Waals surface area contributed by atoms with Gasteiger partial charge in [0.05, 0.1) is 16.7 Å². The van der Waals surface area contributed by atoms with Crippen LogP contribution in [-0.4, -0.2) is 14.5 Å². The van der Waals surface area contributed by atoms with Gasteiger partial charge in [-0.15, -0.1) is 0 Å². The third-order valence-electron chi connectivity index (χ3n) is 4.69. The van der Waals surface area contributed by atoms with Crippen LogP contribution in [0.3, 0.4) is 0 Å². The topological polar surface area (TPSA) is 30.7 Å². The number of aryl methyl sites for hydroxylation is 4. The fourth-order valence-corrected chi connectivity index (χ4v) is 3.51. The van der Waals surface area contributed by atoms with E-state index in [1.54, 1.807) is 0 Å². The largest absolute Gasteiger partial charge is 0.292 e. The summed E-state index contributed by atoms with van der Waals surface area (Å²) in [5.74, 6) is 0.948. The van der Waals surface area contributed by atoms with Gasteiger partial charge in [-0.1, -0.05) is 30.3 Å². The molecule has 3 nitrogen and oxygen atoms in total. The first-order valence-corrected chi connectivity index (χ1v) is 8.55. The van der Waals surface area contributed by atoms with Crippen molar-refractivity contribution in [2.24, 2.45) is 0 Å². The molecule has 0 atom stereocenters. The Kier molecular flexibility index (Phi) is 3.65. The van der Waals surface area contributed by atoms with Crippen molar-refractivity contribution in [1.29, 1.82) is 0 Å². The first kappa shape index (κ1) is 15.6. The summed E-state index contributed by atoms with van der Waals surface area (Å²) in [7, 11) is 0. The van der Waals surface area contributed by atoms with Crippen molar-refractivity contribution >= 4 is 11.0 Å². The Bertz CT molecular complexity index is 1070. The minimum atomic E-state index is 0.948. The molecule has 25 heavy (non-hydrogen) atoms. The van der Waals surface area contributed by atoms with Crippen LogP contribution < -0.4 is 0 Å². The fraction of sp³-hybridized carbons (Fsp3) is 0.182. The lowest BCUT2D eigenvalue weighted by atomic mass is 10.1. The van der Waals surface area contributed by atoms with E-state index in [4.69, 9.17) is 4.98 Å². The minimum absolute atomic E-state index is 0.948. The van der Waals surface area contributed by atoms with Crippen LogP contribution in [0.5, 0.6) is 0 Å². The summed E-state index contributed by atoms with van der Waals surface area (Å²) in [5, 5.41) is 0. The van der Waals surface area contributed by atoms with Crippen LogP contribution >= 0.6 is 0 Å². The summed E-state index contributed by atoms with van der Waals surface area (Å²) >= 11 is 0. The first-order valence-electron chi connectivity index (χ1n) is 8.55. The van der Waals surface area contributed by atoms with Crippen molar-refractivity contribution in [3.05, 3.63) is 77.1 Å². The zero-order chi connectivity index (χ0) is 17.6. The predicted molar refractivity (Wildman–Crippen MR) is 103 cm³/mol. The van der Waals surface area contributed by atoms with Gasteiger partial charge in [-0.05, 0) is 63.1 Å². The van der Waals surface area contributed by atoms with Gasteiger partial charge in [0.15, 0.2) is 0 Å². The van der Waals surface area contributed by atoms with E-state index < -0.39 is 0 Å². The van der Waals surface area contributed by atoms with Gasteiger partial charge < -0.3 is 0 Å². The molecule has 0 spiro atoms. The predicted octanol–water partition coefficient (Wildman–Crippen LogP) is 5.32. The summed E-state index contributed by atoms with van der Waals surface area (Å²) in [6.45, 7) is 8.38. The molecular weight excluding hydrogens is 306 g/mol. The number of nitrogens with zero attached hydrogens (tertiary/aromatic N) is 3. The highest BCUT2D eigenvalue weighted by Crippen LogP contribution is 2.32. The SMILES string of the molecule is Cc1ccc(-c2nc3ccccc3n2-c2c(C)cccc2C)c(C)n1. The highest BCUT2D eigenvalue weighted by Gasteiger charge is 2.18. The highest BCUT2D eigenvalue weighted by molar-refractivity contribution is 5.84. The Morgan fingerprint density at radius 1 is 0.720 bits per heavy atom. The molecule has 2 aromatic heterocycles. The van der Waals surface area contributed by atoms with Gasteiger partial charge in [-0.25, -0.2) is 4.98 Å². The number of benzene rings is 2. The van der Waals surface area contributed by atoms with Gasteiger partial charge in [0.25, 0.3) is 0 Å². The first-order chi connectivity index (χ1) is 12.1. The maximum atomic E-state index is 4.95. The van der Waals surface area contributed by atoms with E-state index in [1.165, 1.54) is 16.8 Å². The molecule has 0 saturated heterocycles. The van der Waals surface area contributed by atoms with Crippen molar-refractivity contribution < 1.29 is 0 Å². The second-order valence-corrected chi connectivity index (χ2v) is 6.59. The molecule has 4 aromatic rings. The zero-order valence-corrected chi connectivity index (χ0v) is 15.0. The second kappa shape index (κ2) is 5.85. The second-order valence-electron chi connectivity index (χ2n) is 6.59. The van der Waals surface area contributed by atoms with Crippen LogP contribution in [0.1, 0.15) is 22.5 Å². The summed E-state index contributed by atoms with van der Waals surface area (Å²) < 4.78 is 2.28. The summed E-state index contributed by atoms with van der Waals surface area (Å²) in [6.07, 6.45) is 0. The van der Waals surface area contributed by atoms with Crippen LogP contribution in [-0.2, 0) is 0 Å². The molecular formula is C22H21N3. The zero-order valence-electron chi connectivity index (χ0n) is 15.0. The molecule has 2 heterocycles. The van der Waals surface area contributed by atoms with E-state index in [9.17, 15) is 0 Å². The maximum absolute atomic E-state index is 4.95. The quantitative estimate of drug-likeness (QED) is 0.499. The highest BCUT2D eigenvalue weighted by atomic mass is 15.1. The third-order valence-corrected chi connectivity index (χ3v) is 4.69. The van der Waals surface area contributed by atoms with Crippen molar-refractivity contribution in [3.63, 3.8) is 0 Å². The van der Waals surface area contributed by atoms with E-state index >= 15 is 0 Å². The van der Waals surface area contributed by atoms with Gasteiger partial charge in [0.2, 0.25) is 0 Å². The van der Waals surface area contributed by atoms with Crippen LogP contribution in [0, 0.1) is 27.7 Å². The molecule has 0 fully saturated rings. The monoisotopic (exact) mass is 327 g/mol. The summed E-state index contributed by atoms with van der Waals surface area (Å²) in [4.78, 5) is 9.60. The van der Waals surface area contributed by atoms with Crippen LogP contribution in [0.2, 0.25) is 0 Å². The van der Waals surface area contributed by atoms with E-state index in [0.29, 0.717) is 0 Å². The number of imidazole rings is 1. The molecule has 0 saturated carbocycles. The normalized spacial score (nSPS) is 11.2. The summed E-state index contributed by atoms with van der Waals surface area (Å²) in [6, 6.07) is 18.9. The Morgan fingerprint density at radius 3 is 2.16 bits per heavy atom. The van der Waals surface area contributed by atoms with Crippen LogP contribution in [0.25, 0.3) is 28.1 Å². The Balaban J connectivity index is 2.13. The molecule has 2 aromatic carbocycles. The smallest absolute Gasteiger partial charge is 0.147 e. The average molecular weight is 327 g/mol. The molecule has 0 aliphatic carbocycles. The Labute approximate surface area is 148 Å². The van der Waals surface area contributed by atoms with Crippen molar-refractivity contribution in [1.82, 2.24) is 14.5 Å². The summed E-state index contributed by atoms with van der Waals surface area (Å²) in [5.41, 5.74) is 8.90. The molecule has 0 amide bonds. The molecule has 3 heteroatoms. The number of aromatic nitrogens is 3. The molecule has 0 aliphatic heterocycles. The maximum Gasteiger partial charge on any atom is 0.147 e. The minimum Gasteiger partial charge on any atom is -0.292 e.